The second kappa shape index (κ2) is 6.07. The van der Waals surface area contributed by atoms with Crippen molar-refractivity contribution >= 4 is 34.9 Å². The van der Waals surface area contributed by atoms with Gasteiger partial charge in [0.2, 0.25) is 0 Å². The lowest BCUT2D eigenvalue weighted by Gasteiger charge is -2.20. The number of allylic oxidation sites excluding steroid dienone is 1. The third kappa shape index (κ3) is 2.83. The highest BCUT2D eigenvalue weighted by molar-refractivity contribution is 6.42. The molecule has 2 aromatic rings. The molecule has 116 valence electrons. The minimum Gasteiger partial charge on any atom is -0.427 e. The number of nitriles is 1. The standard InChI is InChI=1S/C16H12Cl2N4O/c17-11-5-4-9(7-12(11)18)6-10-2-1-3-14-15(10)21-13(8-19)16(20)22(14)23/h4-7,20,23H,1-3H2/b10-6-,20-16?. The average Bonchev–Trinajstić information content (AvgIpc) is 2.55. The Morgan fingerprint density at radius 1 is 1.30 bits per heavy atom. The van der Waals surface area contributed by atoms with Gasteiger partial charge in [0.15, 0.2) is 11.2 Å². The summed E-state index contributed by atoms with van der Waals surface area (Å²) in [6.07, 6.45) is 4.11. The van der Waals surface area contributed by atoms with E-state index in [1.165, 1.54) is 0 Å². The van der Waals surface area contributed by atoms with Crippen molar-refractivity contribution in [2.75, 3.05) is 0 Å². The number of nitrogens with zero attached hydrogens (tertiary/aromatic N) is 3. The molecule has 5 nitrogen and oxygen atoms in total. The number of aromatic nitrogens is 2. The number of nitrogens with one attached hydrogen (secondary N) is 1. The Morgan fingerprint density at radius 3 is 2.78 bits per heavy atom. The van der Waals surface area contributed by atoms with E-state index in [0.717, 1.165) is 28.7 Å². The fourth-order valence-electron chi connectivity index (χ4n) is 2.63. The fraction of sp³-hybridized carbons (Fsp3) is 0.188. The van der Waals surface area contributed by atoms with E-state index >= 15 is 0 Å². The molecule has 0 saturated heterocycles. The minimum atomic E-state index is -0.290. The molecule has 23 heavy (non-hydrogen) atoms. The highest BCUT2D eigenvalue weighted by atomic mass is 35.5. The van der Waals surface area contributed by atoms with Crippen molar-refractivity contribution in [1.82, 2.24) is 9.71 Å². The van der Waals surface area contributed by atoms with Gasteiger partial charge in [-0.25, -0.2) is 4.98 Å². The zero-order valence-electron chi connectivity index (χ0n) is 12.0. The van der Waals surface area contributed by atoms with E-state index in [0.29, 0.717) is 27.9 Å². The molecule has 0 atom stereocenters. The molecule has 3 rings (SSSR count). The van der Waals surface area contributed by atoms with Crippen LogP contribution in [0.25, 0.3) is 11.6 Å². The molecular weight excluding hydrogens is 335 g/mol. The van der Waals surface area contributed by atoms with Crippen LogP contribution in [0.1, 0.15) is 35.5 Å². The molecule has 7 heteroatoms. The van der Waals surface area contributed by atoms with Crippen LogP contribution in [-0.2, 0) is 6.42 Å². The van der Waals surface area contributed by atoms with Gasteiger partial charge in [-0.15, -0.1) is 0 Å². The van der Waals surface area contributed by atoms with Crippen molar-refractivity contribution < 1.29 is 5.21 Å². The number of fused-ring (bicyclic) bond motifs is 1. The van der Waals surface area contributed by atoms with Gasteiger partial charge in [-0.3, -0.25) is 5.41 Å². The lowest BCUT2D eigenvalue weighted by atomic mass is 9.93. The molecule has 0 saturated carbocycles. The Kier molecular flexibility index (Phi) is 4.12. The maximum absolute atomic E-state index is 10.1. The smallest absolute Gasteiger partial charge is 0.197 e. The second-order valence-electron chi connectivity index (χ2n) is 5.22. The van der Waals surface area contributed by atoms with Gasteiger partial charge < -0.3 is 5.21 Å². The number of rotatable bonds is 1. The van der Waals surface area contributed by atoms with Crippen molar-refractivity contribution in [2.24, 2.45) is 0 Å². The van der Waals surface area contributed by atoms with Crippen LogP contribution in [0.2, 0.25) is 10.0 Å². The van der Waals surface area contributed by atoms with Crippen molar-refractivity contribution in [3.05, 3.63) is 56.4 Å². The molecule has 0 radical (unpaired) electrons. The summed E-state index contributed by atoms with van der Waals surface area (Å²) < 4.78 is 0.753. The summed E-state index contributed by atoms with van der Waals surface area (Å²) in [5, 5.41) is 27.9. The SMILES string of the molecule is N#Cc1nc2c(n(O)c1=N)CCC/C2=C/c1ccc(Cl)c(Cl)c1. The predicted octanol–water partition coefficient (Wildman–Crippen LogP) is 3.66. The van der Waals surface area contributed by atoms with Gasteiger partial charge in [-0.1, -0.05) is 29.3 Å². The average molecular weight is 347 g/mol. The van der Waals surface area contributed by atoms with E-state index in [2.05, 4.69) is 4.98 Å². The lowest BCUT2D eigenvalue weighted by molar-refractivity contribution is 0.157. The van der Waals surface area contributed by atoms with E-state index < -0.39 is 0 Å². The van der Waals surface area contributed by atoms with Gasteiger partial charge >= 0.3 is 0 Å². The van der Waals surface area contributed by atoms with Gasteiger partial charge in [-0.05, 0) is 48.6 Å². The summed E-state index contributed by atoms with van der Waals surface area (Å²) in [6.45, 7) is 0. The Morgan fingerprint density at radius 2 is 2.09 bits per heavy atom. The minimum absolute atomic E-state index is 0.104. The monoisotopic (exact) mass is 346 g/mol. The summed E-state index contributed by atoms with van der Waals surface area (Å²) in [5.74, 6) is 0. The number of hydrogen-bond donors (Lipinski definition) is 2. The molecule has 0 bridgehead atoms. The van der Waals surface area contributed by atoms with Gasteiger partial charge in [-0.2, -0.15) is 9.99 Å². The van der Waals surface area contributed by atoms with Crippen LogP contribution in [0.4, 0.5) is 0 Å². The zero-order chi connectivity index (χ0) is 16.6. The number of halogens is 2. The van der Waals surface area contributed by atoms with Crippen LogP contribution in [0.5, 0.6) is 0 Å². The van der Waals surface area contributed by atoms with E-state index in [9.17, 15) is 5.21 Å². The molecule has 1 aromatic carbocycles. The summed E-state index contributed by atoms with van der Waals surface area (Å²) >= 11 is 12.0. The summed E-state index contributed by atoms with van der Waals surface area (Å²) in [6, 6.07) is 7.15. The maximum atomic E-state index is 10.1. The first-order chi connectivity index (χ1) is 11.0. The highest BCUT2D eigenvalue weighted by Crippen LogP contribution is 2.31. The lowest BCUT2D eigenvalue weighted by Crippen LogP contribution is -2.29. The van der Waals surface area contributed by atoms with Gasteiger partial charge in [0, 0.05) is 0 Å². The first-order valence-corrected chi connectivity index (χ1v) is 7.72. The first kappa shape index (κ1) is 15.6. The van der Waals surface area contributed by atoms with Crippen LogP contribution in [0.3, 0.4) is 0 Å². The first-order valence-electron chi connectivity index (χ1n) is 6.97. The highest BCUT2D eigenvalue weighted by Gasteiger charge is 2.21. The third-order valence-corrected chi connectivity index (χ3v) is 4.48. The van der Waals surface area contributed by atoms with Gasteiger partial charge in [0.05, 0.1) is 21.4 Å². The molecule has 0 fully saturated rings. The molecule has 0 aliphatic heterocycles. The van der Waals surface area contributed by atoms with Crippen LogP contribution in [0.15, 0.2) is 18.2 Å². The molecule has 1 heterocycles. The summed E-state index contributed by atoms with van der Waals surface area (Å²) in [5.41, 5.74) is 2.46. The van der Waals surface area contributed by atoms with E-state index in [-0.39, 0.29) is 11.2 Å². The van der Waals surface area contributed by atoms with Crippen molar-refractivity contribution in [1.29, 1.82) is 10.7 Å². The number of benzene rings is 1. The molecule has 2 N–H and O–H groups in total. The molecule has 0 amide bonds. The van der Waals surface area contributed by atoms with Gasteiger partial charge in [0.25, 0.3) is 0 Å². The third-order valence-electron chi connectivity index (χ3n) is 3.74. The molecule has 0 unspecified atom stereocenters. The second-order valence-corrected chi connectivity index (χ2v) is 6.04. The van der Waals surface area contributed by atoms with Crippen molar-refractivity contribution in [3.63, 3.8) is 0 Å². The molecule has 1 aliphatic carbocycles. The van der Waals surface area contributed by atoms with Crippen molar-refractivity contribution in [3.8, 4) is 6.07 Å². The topological polar surface area (TPSA) is 85.7 Å². The molecular formula is C16H12Cl2N4O. The van der Waals surface area contributed by atoms with Crippen LogP contribution in [0, 0.1) is 16.7 Å². The fourth-order valence-corrected chi connectivity index (χ4v) is 2.94. The number of hydrogen-bond acceptors (Lipinski definition) is 4. The van der Waals surface area contributed by atoms with E-state index in [1.54, 1.807) is 12.1 Å². The van der Waals surface area contributed by atoms with E-state index in [4.69, 9.17) is 33.9 Å². The maximum Gasteiger partial charge on any atom is 0.197 e. The van der Waals surface area contributed by atoms with Crippen LogP contribution < -0.4 is 5.49 Å². The molecule has 1 aliphatic rings. The van der Waals surface area contributed by atoms with Crippen LogP contribution in [-0.4, -0.2) is 14.9 Å². The predicted molar refractivity (Wildman–Crippen MR) is 87.3 cm³/mol. The normalized spacial score (nSPS) is 15.3. The largest absolute Gasteiger partial charge is 0.427 e. The van der Waals surface area contributed by atoms with E-state index in [1.807, 2.05) is 18.2 Å². The van der Waals surface area contributed by atoms with Crippen LogP contribution >= 0.6 is 23.2 Å². The summed E-state index contributed by atoms with van der Waals surface area (Å²) in [7, 11) is 0. The molecule has 1 aromatic heterocycles. The Labute approximate surface area is 142 Å². The zero-order valence-corrected chi connectivity index (χ0v) is 13.5. The van der Waals surface area contributed by atoms with Crippen molar-refractivity contribution in [2.45, 2.75) is 19.3 Å². The Hall–Kier alpha value is -2.29. The summed E-state index contributed by atoms with van der Waals surface area (Å²) in [4.78, 5) is 4.25. The Bertz CT molecular complexity index is 925. The Balaban J connectivity index is 2.16. The quantitative estimate of drug-likeness (QED) is 0.772. The van der Waals surface area contributed by atoms with Gasteiger partial charge in [0.1, 0.15) is 6.07 Å². The molecule has 0 spiro atoms.